The lowest BCUT2D eigenvalue weighted by molar-refractivity contribution is 0.188. The first-order valence-electron chi connectivity index (χ1n) is 6.85. The quantitative estimate of drug-likeness (QED) is 0.409. The maximum atomic E-state index is 5.32. The van der Waals surface area contributed by atoms with Crippen LogP contribution in [0.25, 0.3) is 0 Å². The van der Waals surface area contributed by atoms with E-state index in [1.165, 1.54) is 57.8 Å². The van der Waals surface area contributed by atoms with Crippen molar-refractivity contribution in [2.24, 2.45) is 0 Å². The molecule has 0 rings (SSSR count). The summed E-state index contributed by atoms with van der Waals surface area (Å²) in [6, 6.07) is 0. The first kappa shape index (κ1) is 15.0. The van der Waals surface area contributed by atoms with Crippen LogP contribution in [0.5, 0.6) is 0 Å². The van der Waals surface area contributed by atoms with Crippen LogP contribution in [-0.2, 0) is 4.74 Å². The highest BCUT2D eigenvalue weighted by Crippen LogP contribution is 2.09. The molecule has 0 unspecified atom stereocenters. The van der Waals surface area contributed by atoms with E-state index in [-0.39, 0.29) is 0 Å². The van der Waals surface area contributed by atoms with Crippen molar-refractivity contribution in [3.63, 3.8) is 0 Å². The summed E-state index contributed by atoms with van der Waals surface area (Å²) in [5.74, 6) is 0. The Bertz CT molecular complexity index is 89.5. The Balaban J connectivity index is 2.81. The smallest absolute Gasteiger partial charge is 0.0833 e. The van der Waals surface area contributed by atoms with Gasteiger partial charge in [-0.25, -0.2) is 0 Å². The molecule has 0 aromatic heterocycles. The van der Waals surface area contributed by atoms with Crippen molar-refractivity contribution in [2.75, 3.05) is 6.61 Å². The molecule has 0 saturated heterocycles. The third kappa shape index (κ3) is 14.0. The van der Waals surface area contributed by atoms with Gasteiger partial charge in [-0.1, -0.05) is 65.2 Å². The maximum Gasteiger partial charge on any atom is 0.0833 e. The lowest BCUT2D eigenvalue weighted by atomic mass is 10.1. The molecule has 0 amide bonds. The second-order valence-corrected chi connectivity index (χ2v) is 4.27. The van der Waals surface area contributed by atoms with Crippen LogP contribution in [-0.4, -0.2) is 6.61 Å². The minimum atomic E-state index is 0.920. The average molecular weight is 213 g/mol. The Morgan fingerprint density at radius 1 is 0.733 bits per heavy atom. The van der Waals surface area contributed by atoms with Crippen molar-refractivity contribution in [2.45, 2.75) is 78.1 Å². The van der Waals surface area contributed by atoms with Crippen LogP contribution in [0.3, 0.4) is 0 Å². The molecule has 0 aliphatic carbocycles. The van der Waals surface area contributed by atoms with Gasteiger partial charge >= 0.3 is 0 Å². The molecule has 0 saturated carbocycles. The Morgan fingerprint density at radius 2 is 1.27 bits per heavy atom. The highest BCUT2D eigenvalue weighted by molar-refractivity contribution is 4.48. The zero-order valence-corrected chi connectivity index (χ0v) is 10.8. The van der Waals surface area contributed by atoms with Crippen LogP contribution < -0.4 is 0 Å². The van der Waals surface area contributed by atoms with Crippen molar-refractivity contribution >= 4 is 0 Å². The molecule has 0 aliphatic heterocycles. The molecular weight excluding hydrogens is 184 g/mol. The van der Waals surface area contributed by atoms with Crippen LogP contribution >= 0.6 is 0 Å². The second kappa shape index (κ2) is 14.0. The summed E-state index contributed by atoms with van der Waals surface area (Å²) < 4.78 is 5.32. The highest BCUT2D eigenvalue weighted by Gasteiger charge is 1.92. The molecule has 1 heteroatoms. The van der Waals surface area contributed by atoms with E-state index in [1.807, 2.05) is 6.61 Å². The van der Waals surface area contributed by atoms with Gasteiger partial charge in [-0.3, -0.25) is 0 Å². The lowest BCUT2D eigenvalue weighted by Gasteiger charge is -2.02. The van der Waals surface area contributed by atoms with Gasteiger partial charge in [-0.05, 0) is 12.8 Å². The van der Waals surface area contributed by atoms with E-state index in [2.05, 4.69) is 13.8 Å². The second-order valence-electron chi connectivity index (χ2n) is 4.27. The maximum absolute atomic E-state index is 5.32. The fraction of sp³-hybridized carbons (Fsp3) is 0.929. The number of unbranched alkanes of at least 4 members (excludes halogenated alkanes) is 8. The van der Waals surface area contributed by atoms with E-state index < -0.39 is 0 Å². The molecule has 0 aliphatic rings. The number of rotatable bonds is 12. The van der Waals surface area contributed by atoms with E-state index in [9.17, 15) is 0 Å². The highest BCUT2D eigenvalue weighted by atomic mass is 16.5. The fourth-order valence-electron chi connectivity index (χ4n) is 1.70. The first-order valence-corrected chi connectivity index (χ1v) is 6.85. The molecule has 0 atom stereocenters. The van der Waals surface area contributed by atoms with Crippen molar-refractivity contribution in [3.8, 4) is 0 Å². The van der Waals surface area contributed by atoms with Gasteiger partial charge < -0.3 is 4.74 Å². The van der Waals surface area contributed by atoms with Crippen molar-refractivity contribution in [1.82, 2.24) is 0 Å². The summed E-state index contributed by atoms with van der Waals surface area (Å²) >= 11 is 0. The van der Waals surface area contributed by atoms with Gasteiger partial charge in [-0.2, -0.15) is 0 Å². The lowest BCUT2D eigenvalue weighted by Crippen LogP contribution is -1.91. The van der Waals surface area contributed by atoms with E-state index in [0.29, 0.717) is 0 Å². The van der Waals surface area contributed by atoms with Gasteiger partial charge in [0.15, 0.2) is 0 Å². The zero-order valence-electron chi connectivity index (χ0n) is 10.8. The molecule has 0 spiro atoms. The SMILES string of the molecule is CC[CH]OCCCCCCCCCCC. The summed E-state index contributed by atoms with van der Waals surface area (Å²) in [5.41, 5.74) is 0. The van der Waals surface area contributed by atoms with Gasteiger partial charge in [-0.15, -0.1) is 0 Å². The van der Waals surface area contributed by atoms with Crippen molar-refractivity contribution in [3.05, 3.63) is 6.61 Å². The molecule has 0 N–H and O–H groups in total. The zero-order chi connectivity index (χ0) is 11.2. The summed E-state index contributed by atoms with van der Waals surface area (Å²) in [6.45, 7) is 7.21. The molecule has 15 heavy (non-hydrogen) atoms. The Hall–Kier alpha value is -0.0400. The van der Waals surface area contributed by atoms with Gasteiger partial charge in [0.1, 0.15) is 0 Å². The molecule has 0 aromatic rings. The van der Waals surface area contributed by atoms with Gasteiger partial charge in [0.05, 0.1) is 6.61 Å². The van der Waals surface area contributed by atoms with Gasteiger partial charge in [0.25, 0.3) is 0 Å². The molecule has 1 nitrogen and oxygen atoms in total. The fourth-order valence-corrected chi connectivity index (χ4v) is 1.70. The van der Waals surface area contributed by atoms with Gasteiger partial charge in [0.2, 0.25) is 0 Å². The Labute approximate surface area is 96.6 Å². The third-order valence-electron chi connectivity index (χ3n) is 2.65. The molecule has 0 heterocycles. The monoisotopic (exact) mass is 213 g/mol. The molecule has 91 valence electrons. The van der Waals surface area contributed by atoms with E-state index in [1.54, 1.807) is 0 Å². The molecule has 0 fully saturated rings. The third-order valence-corrected chi connectivity index (χ3v) is 2.65. The standard InChI is InChI=1S/C14H29O/c1-3-5-6-7-8-9-10-11-12-14-15-13-4-2/h13H,3-12,14H2,1-2H3. The molecule has 0 aromatic carbocycles. The predicted molar refractivity (Wildman–Crippen MR) is 67.8 cm³/mol. The number of hydrogen-bond acceptors (Lipinski definition) is 1. The van der Waals surface area contributed by atoms with Crippen LogP contribution in [0.2, 0.25) is 0 Å². The molecule has 0 bridgehead atoms. The minimum Gasteiger partial charge on any atom is -0.376 e. The summed E-state index contributed by atoms with van der Waals surface area (Å²) in [4.78, 5) is 0. The van der Waals surface area contributed by atoms with Crippen LogP contribution in [0.1, 0.15) is 78.1 Å². The Kier molecular flexibility index (Phi) is 13.9. The topological polar surface area (TPSA) is 9.23 Å². The first-order chi connectivity index (χ1) is 7.41. The summed E-state index contributed by atoms with van der Waals surface area (Å²) in [5, 5.41) is 0. The summed E-state index contributed by atoms with van der Waals surface area (Å²) in [7, 11) is 0. The molecular formula is C14H29O. The minimum absolute atomic E-state index is 0.920. The average Bonchev–Trinajstić information content (AvgIpc) is 2.26. The van der Waals surface area contributed by atoms with Crippen LogP contribution in [0.15, 0.2) is 0 Å². The molecule has 1 radical (unpaired) electrons. The van der Waals surface area contributed by atoms with Crippen molar-refractivity contribution < 1.29 is 4.74 Å². The summed E-state index contributed by atoms with van der Waals surface area (Å²) in [6.07, 6.45) is 13.5. The van der Waals surface area contributed by atoms with Crippen LogP contribution in [0.4, 0.5) is 0 Å². The number of hydrogen-bond donors (Lipinski definition) is 0. The van der Waals surface area contributed by atoms with E-state index >= 15 is 0 Å². The van der Waals surface area contributed by atoms with E-state index in [0.717, 1.165) is 13.0 Å². The normalized spacial score (nSPS) is 10.8. The van der Waals surface area contributed by atoms with Crippen LogP contribution in [0, 0.1) is 6.61 Å². The largest absolute Gasteiger partial charge is 0.376 e. The van der Waals surface area contributed by atoms with E-state index in [4.69, 9.17) is 4.74 Å². The predicted octanol–water partition coefficient (Wildman–Crippen LogP) is 5.11. The number of ether oxygens (including phenoxy) is 1. The van der Waals surface area contributed by atoms with Gasteiger partial charge in [0, 0.05) is 6.61 Å². The Morgan fingerprint density at radius 3 is 1.80 bits per heavy atom. The van der Waals surface area contributed by atoms with Crippen molar-refractivity contribution in [1.29, 1.82) is 0 Å².